The number of halogens is 3. The fraction of sp³-hybridized carbons (Fsp3) is 0.440. The second-order valence-corrected chi connectivity index (χ2v) is 12.1. The molecular weight excluding hydrogens is 542 g/mol. The zero-order valence-corrected chi connectivity index (χ0v) is 23.3. The van der Waals surface area contributed by atoms with Crippen molar-refractivity contribution < 1.29 is 22.4 Å². The summed E-state index contributed by atoms with van der Waals surface area (Å²) in [6, 6.07) is 8.80. The first-order valence-corrected chi connectivity index (χ1v) is 14.0. The first-order chi connectivity index (χ1) is 17.4. The summed E-state index contributed by atoms with van der Waals surface area (Å²) in [7, 11) is -1.46. The van der Waals surface area contributed by atoms with Crippen molar-refractivity contribution in [2.75, 3.05) is 24.9 Å². The summed E-state index contributed by atoms with van der Waals surface area (Å²) in [5.41, 5.74) is 0.730. The predicted octanol–water partition coefficient (Wildman–Crippen LogP) is 4.22. The molecule has 0 aliphatic heterocycles. The molecule has 1 atom stereocenters. The molecule has 0 heterocycles. The van der Waals surface area contributed by atoms with Gasteiger partial charge in [0, 0.05) is 26.7 Å². The van der Waals surface area contributed by atoms with Gasteiger partial charge in [0.2, 0.25) is 11.8 Å². The van der Waals surface area contributed by atoms with Gasteiger partial charge in [-0.2, -0.15) is 12.7 Å². The number of rotatable bonds is 10. The van der Waals surface area contributed by atoms with Crippen LogP contribution in [0.4, 0.5) is 10.1 Å². The lowest BCUT2D eigenvalue weighted by atomic mass is 10.1. The minimum atomic E-state index is -4.13. The van der Waals surface area contributed by atoms with Crippen LogP contribution in [0.3, 0.4) is 0 Å². The Morgan fingerprint density at radius 1 is 1.05 bits per heavy atom. The van der Waals surface area contributed by atoms with Crippen LogP contribution in [0.1, 0.15) is 38.2 Å². The van der Waals surface area contributed by atoms with E-state index in [1.54, 1.807) is 25.1 Å². The molecule has 0 spiro atoms. The molecule has 1 N–H and O–H groups in total. The zero-order valence-electron chi connectivity index (χ0n) is 21.0. The van der Waals surface area contributed by atoms with Crippen molar-refractivity contribution >= 4 is 50.9 Å². The van der Waals surface area contributed by atoms with E-state index in [0.717, 1.165) is 46.4 Å². The van der Waals surface area contributed by atoms with Crippen molar-refractivity contribution in [3.63, 3.8) is 0 Å². The Kier molecular flexibility index (Phi) is 9.80. The predicted molar refractivity (Wildman–Crippen MR) is 143 cm³/mol. The number of nitrogens with one attached hydrogen (secondary N) is 1. The standard InChI is InChI=1S/C25H31Cl2FN4O4S/c1-17(25(34)29-20-6-4-5-7-20)31(15-18-8-13-22(26)23(27)14-18)24(33)16-32(37(35,36)30(2)3)21-11-9-19(28)10-12-21/h8-14,17,20H,4-7,15-16H2,1-3H3,(H,29,34). The molecule has 1 unspecified atom stereocenters. The third kappa shape index (κ3) is 7.34. The molecule has 37 heavy (non-hydrogen) atoms. The van der Waals surface area contributed by atoms with Gasteiger partial charge in [-0.05, 0) is 61.7 Å². The van der Waals surface area contributed by atoms with E-state index in [4.69, 9.17) is 23.2 Å². The van der Waals surface area contributed by atoms with Crippen LogP contribution in [-0.4, -0.2) is 62.2 Å². The van der Waals surface area contributed by atoms with E-state index in [9.17, 15) is 22.4 Å². The Bertz CT molecular complexity index is 1220. The maximum absolute atomic E-state index is 13.7. The number of hydrogen-bond donors (Lipinski definition) is 1. The van der Waals surface area contributed by atoms with Gasteiger partial charge in [-0.1, -0.05) is 42.1 Å². The van der Waals surface area contributed by atoms with E-state index in [-0.39, 0.29) is 29.2 Å². The molecule has 8 nitrogen and oxygen atoms in total. The average Bonchev–Trinajstić information content (AvgIpc) is 3.36. The summed E-state index contributed by atoms with van der Waals surface area (Å²) in [6.07, 6.45) is 3.80. The lowest BCUT2D eigenvalue weighted by Crippen LogP contribution is -2.53. The lowest BCUT2D eigenvalue weighted by Gasteiger charge is -2.33. The van der Waals surface area contributed by atoms with Gasteiger partial charge in [0.1, 0.15) is 18.4 Å². The van der Waals surface area contributed by atoms with E-state index in [0.29, 0.717) is 10.6 Å². The number of hydrogen-bond acceptors (Lipinski definition) is 4. The number of anilines is 1. The maximum Gasteiger partial charge on any atom is 0.304 e. The van der Waals surface area contributed by atoms with Crippen LogP contribution in [0.25, 0.3) is 0 Å². The third-order valence-electron chi connectivity index (χ3n) is 6.34. The SMILES string of the molecule is CC(C(=O)NC1CCCC1)N(Cc1ccc(Cl)c(Cl)c1)C(=O)CN(c1ccc(F)cc1)S(=O)(=O)N(C)C. The van der Waals surface area contributed by atoms with Crippen LogP contribution < -0.4 is 9.62 Å². The van der Waals surface area contributed by atoms with Crippen LogP contribution in [0, 0.1) is 5.82 Å². The highest BCUT2D eigenvalue weighted by Gasteiger charge is 2.33. The molecule has 2 aromatic rings. The molecule has 3 rings (SSSR count). The van der Waals surface area contributed by atoms with Crippen LogP contribution in [0.5, 0.6) is 0 Å². The van der Waals surface area contributed by atoms with Crippen LogP contribution in [0.15, 0.2) is 42.5 Å². The fourth-order valence-corrected chi connectivity index (χ4v) is 5.51. The Morgan fingerprint density at radius 2 is 1.68 bits per heavy atom. The molecule has 1 aliphatic rings. The Morgan fingerprint density at radius 3 is 2.24 bits per heavy atom. The largest absolute Gasteiger partial charge is 0.352 e. The summed E-state index contributed by atoms with van der Waals surface area (Å²) in [5.74, 6) is -1.49. The molecule has 0 bridgehead atoms. The van der Waals surface area contributed by atoms with Gasteiger partial charge >= 0.3 is 10.2 Å². The minimum Gasteiger partial charge on any atom is -0.352 e. The highest BCUT2D eigenvalue weighted by Crippen LogP contribution is 2.25. The molecule has 1 fully saturated rings. The van der Waals surface area contributed by atoms with E-state index < -0.39 is 34.5 Å². The van der Waals surface area contributed by atoms with Crippen molar-refractivity contribution in [2.24, 2.45) is 0 Å². The molecule has 12 heteroatoms. The number of nitrogens with zero attached hydrogens (tertiary/aromatic N) is 3. The number of carbonyl (C=O) groups excluding carboxylic acids is 2. The Labute approximate surface area is 227 Å². The first-order valence-electron chi connectivity index (χ1n) is 11.9. The van der Waals surface area contributed by atoms with E-state index in [1.807, 2.05) is 0 Å². The third-order valence-corrected chi connectivity index (χ3v) is 8.90. The monoisotopic (exact) mass is 572 g/mol. The molecule has 0 radical (unpaired) electrons. The fourth-order valence-electron chi connectivity index (χ4n) is 4.13. The van der Waals surface area contributed by atoms with Gasteiger partial charge in [-0.25, -0.2) is 8.70 Å². The number of carbonyl (C=O) groups is 2. The summed E-state index contributed by atoms with van der Waals surface area (Å²) in [4.78, 5) is 28.1. The summed E-state index contributed by atoms with van der Waals surface area (Å²) in [5, 5.41) is 3.63. The highest BCUT2D eigenvalue weighted by atomic mass is 35.5. The average molecular weight is 574 g/mol. The van der Waals surface area contributed by atoms with Gasteiger partial charge in [-0.3, -0.25) is 9.59 Å². The number of amides is 2. The molecule has 2 amide bonds. The van der Waals surface area contributed by atoms with E-state index >= 15 is 0 Å². The quantitative estimate of drug-likeness (QED) is 0.461. The van der Waals surface area contributed by atoms with Gasteiger partial charge in [0.15, 0.2) is 0 Å². The minimum absolute atomic E-state index is 0.00571. The normalized spacial score (nSPS) is 15.0. The second kappa shape index (κ2) is 12.4. The van der Waals surface area contributed by atoms with Crippen molar-refractivity contribution in [2.45, 2.75) is 51.2 Å². The Hall–Kier alpha value is -2.40. The van der Waals surface area contributed by atoms with Crippen molar-refractivity contribution in [3.8, 4) is 0 Å². The maximum atomic E-state index is 13.7. The molecule has 0 saturated heterocycles. The molecule has 1 saturated carbocycles. The first kappa shape index (κ1) is 29.2. The lowest BCUT2D eigenvalue weighted by molar-refractivity contribution is -0.139. The second-order valence-electron chi connectivity index (χ2n) is 9.21. The van der Waals surface area contributed by atoms with Crippen LogP contribution >= 0.6 is 23.2 Å². The van der Waals surface area contributed by atoms with Gasteiger partial charge in [0.05, 0.1) is 15.7 Å². The topological polar surface area (TPSA) is 90.0 Å². The summed E-state index contributed by atoms with van der Waals surface area (Å²) in [6.45, 7) is 0.991. The van der Waals surface area contributed by atoms with E-state index in [1.165, 1.54) is 31.1 Å². The summed E-state index contributed by atoms with van der Waals surface area (Å²) >= 11 is 12.2. The molecule has 0 aromatic heterocycles. The smallest absolute Gasteiger partial charge is 0.304 e. The zero-order chi connectivity index (χ0) is 27.3. The van der Waals surface area contributed by atoms with E-state index in [2.05, 4.69) is 5.32 Å². The summed E-state index contributed by atoms with van der Waals surface area (Å²) < 4.78 is 41.6. The molecule has 202 valence electrons. The van der Waals surface area contributed by atoms with Gasteiger partial charge in [-0.15, -0.1) is 0 Å². The van der Waals surface area contributed by atoms with Crippen LogP contribution in [-0.2, 0) is 26.3 Å². The molecule has 1 aliphatic carbocycles. The van der Waals surface area contributed by atoms with Crippen LogP contribution in [0.2, 0.25) is 10.0 Å². The highest BCUT2D eigenvalue weighted by molar-refractivity contribution is 7.90. The van der Waals surface area contributed by atoms with Crippen molar-refractivity contribution in [1.29, 1.82) is 0 Å². The van der Waals surface area contributed by atoms with Gasteiger partial charge in [0.25, 0.3) is 0 Å². The van der Waals surface area contributed by atoms with Crippen molar-refractivity contribution in [1.82, 2.24) is 14.5 Å². The Balaban J connectivity index is 1.93. The number of benzene rings is 2. The molecular formula is C25H31Cl2FN4O4S. The van der Waals surface area contributed by atoms with Gasteiger partial charge < -0.3 is 10.2 Å². The molecule has 2 aromatic carbocycles. The van der Waals surface area contributed by atoms with Crippen molar-refractivity contribution in [3.05, 3.63) is 63.9 Å².